The molecular weight excluding hydrogens is 285 g/mol. The number of fused-ring (bicyclic) bond motifs is 1. The van der Waals surface area contributed by atoms with E-state index in [1.807, 2.05) is 0 Å². The van der Waals surface area contributed by atoms with Crippen LogP contribution in [0.25, 0.3) is 11.2 Å². The van der Waals surface area contributed by atoms with E-state index in [0.29, 0.717) is 18.6 Å². The zero-order valence-corrected chi connectivity index (χ0v) is 11.5. The zero-order valence-electron chi connectivity index (χ0n) is 10.7. The molecule has 2 rings (SSSR count). The van der Waals surface area contributed by atoms with Crippen LogP contribution in [-0.4, -0.2) is 31.0 Å². The molecule has 0 fully saturated rings. The lowest BCUT2D eigenvalue weighted by molar-refractivity contribution is 0.273. The summed E-state index contributed by atoms with van der Waals surface area (Å²) in [5.74, 6) is 0.0596. The van der Waals surface area contributed by atoms with Crippen LogP contribution in [0.2, 0.25) is 0 Å². The van der Waals surface area contributed by atoms with Crippen LogP contribution in [0.15, 0.2) is 11.1 Å². The molecule has 4 N–H and O–H groups in total. The number of aromatic nitrogens is 4. The third-order valence-electron chi connectivity index (χ3n) is 2.74. The molecule has 0 saturated heterocycles. The molecule has 0 bridgehead atoms. The fraction of sp³-hybridized carbons (Fsp3) is 0.500. The minimum Gasteiger partial charge on any atom is -0.369 e. The second-order valence-corrected chi connectivity index (χ2v) is 4.93. The molecule has 0 spiro atoms. The molecule has 2 aromatic heterocycles. The Bertz CT molecular complexity index is 667. The van der Waals surface area contributed by atoms with E-state index in [2.05, 4.69) is 19.5 Å². The van der Waals surface area contributed by atoms with Crippen LogP contribution in [0.1, 0.15) is 19.3 Å². The van der Waals surface area contributed by atoms with E-state index in [0.717, 1.165) is 12.8 Å². The van der Waals surface area contributed by atoms with E-state index in [-0.39, 0.29) is 23.6 Å². The third-order valence-corrected chi connectivity index (χ3v) is 3.14. The highest BCUT2D eigenvalue weighted by Crippen LogP contribution is 2.15. The fourth-order valence-corrected chi connectivity index (χ4v) is 2.12. The molecule has 0 aliphatic carbocycles. The quantitative estimate of drug-likeness (QED) is 0.501. The van der Waals surface area contributed by atoms with E-state index in [9.17, 15) is 9.36 Å². The van der Waals surface area contributed by atoms with Crippen LogP contribution in [0.5, 0.6) is 0 Å². The van der Waals surface area contributed by atoms with Crippen molar-refractivity contribution in [3.8, 4) is 0 Å². The summed E-state index contributed by atoms with van der Waals surface area (Å²) in [6.45, 7) is 0.888. The normalized spacial score (nSPS) is 11.9. The Morgan fingerprint density at radius 2 is 2.25 bits per heavy atom. The molecular formula is C10H15N5O4P+. The van der Waals surface area contributed by atoms with Gasteiger partial charge in [-0.15, -0.1) is 9.42 Å². The summed E-state index contributed by atoms with van der Waals surface area (Å²) in [5.41, 5.74) is 5.87. The highest BCUT2D eigenvalue weighted by Gasteiger charge is 2.11. The lowest BCUT2D eigenvalue weighted by atomic mass is 10.2. The topological polar surface area (TPSA) is 136 Å². The molecule has 2 aromatic rings. The molecule has 1 atom stereocenters. The van der Waals surface area contributed by atoms with Crippen molar-refractivity contribution in [2.24, 2.45) is 0 Å². The third kappa shape index (κ3) is 3.60. The van der Waals surface area contributed by atoms with Gasteiger partial charge in [0.1, 0.15) is 6.61 Å². The second kappa shape index (κ2) is 6.56. The summed E-state index contributed by atoms with van der Waals surface area (Å²) in [6.07, 6.45) is 3.87. The van der Waals surface area contributed by atoms with E-state index in [4.69, 9.17) is 10.6 Å². The minimum atomic E-state index is -2.52. The molecule has 0 saturated carbocycles. The van der Waals surface area contributed by atoms with Crippen LogP contribution in [0.4, 0.5) is 5.95 Å². The summed E-state index contributed by atoms with van der Waals surface area (Å²) in [7, 11) is -2.52. The molecule has 0 aliphatic heterocycles. The number of anilines is 1. The van der Waals surface area contributed by atoms with E-state index >= 15 is 0 Å². The fourth-order valence-electron chi connectivity index (χ4n) is 1.84. The van der Waals surface area contributed by atoms with Gasteiger partial charge in [0.2, 0.25) is 5.95 Å². The predicted molar refractivity (Wildman–Crippen MR) is 72.2 cm³/mol. The average molecular weight is 300 g/mol. The molecule has 10 heteroatoms. The first-order chi connectivity index (χ1) is 9.58. The van der Waals surface area contributed by atoms with Gasteiger partial charge in [-0.2, -0.15) is 4.98 Å². The van der Waals surface area contributed by atoms with Crippen molar-refractivity contribution in [2.75, 3.05) is 12.3 Å². The number of nitrogens with two attached hydrogens (primary N) is 1. The van der Waals surface area contributed by atoms with Gasteiger partial charge in [-0.25, -0.2) is 4.98 Å². The molecule has 2 heterocycles. The number of hydrogen-bond donors (Lipinski definition) is 3. The van der Waals surface area contributed by atoms with Crippen LogP contribution >= 0.6 is 8.25 Å². The number of nitrogen functional groups attached to an aromatic ring is 1. The van der Waals surface area contributed by atoms with Gasteiger partial charge in [-0.1, -0.05) is 0 Å². The average Bonchev–Trinajstić information content (AvgIpc) is 2.76. The molecule has 1 unspecified atom stereocenters. The van der Waals surface area contributed by atoms with Crippen molar-refractivity contribution in [2.45, 2.75) is 25.8 Å². The molecule has 20 heavy (non-hydrogen) atoms. The van der Waals surface area contributed by atoms with Gasteiger partial charge in [0, 0.05) is 11.1 Å². The minimum absolute atomic E-state index is 0.0596. The van der Waals surface area contributed by atoms with Gasteiger partial charge in [0.05, 0.1) is 6.33 Å². The molecule has 108 valence electrons. The van der Waals surface area contributed by atoms with Gasteiger partial charge >= 0.3 is 8.25 Å². The SMILES string of the molecule is Nc1nc2c(ncn2CCCCCO[P+](=O)O)c(=O)[nH]1. The first-order valence-electron chi connectivity index (χ1n) is 6.07. The van der Waals surface area contributed by atoms with Gasteiger partial charge in [-0.3, -0.25) is 9.78 Å². The van der Waals surface area contributed by atoms with Crippen molar-refractivity contribution >= 4 is 25.4 Å². The summed E-state index contributed by atoms with van der Waals surface area (Å²) < 4.78 is 16.6. The Morgan fingerprint density at radius 3 is 3.00 bits per heavy atom. The number of hydrogen-bond acceptors (Lipinski definition) is 6. The maximum atomic E-state index is 11.6. The number of unbranched alkanes of at least 4 members (excludes halogenated alkanes) is 2. The Hall–Kier alpha value is -1.83. The lowest BCUT2D eigenvalue weighted by Crippen LogP contribution is -2.12. The Kier molecular flexibility index (Phi) is 4.78. The maximum absolute atomic E-state index is 11.6. The van der Waals surface area contributed by atoms with Crippen LogP contribution in [-0.2, 0) is 15.6 Å². The highest BCUT2D eigenvalue weighted by molar-refractivity contribution is 7.32. The number of nitrogens with zero attached hydrogens (tertiary/aromatic N) is 3. The van der Waals surface area contributed by atoms with E-state index in [1.165, 1.54) is 0 Å². The van der Waals surface area contributed by atoms with Gasteiger partial charge in [0.25, 0.3) is 5.56 Å². The maximum Gasteiger partial charge on any atom is 0.694 e. The molecule has 9 nitrogen and oxygen atoms in total. The van der Waals surface area contributed by atoms with Crippen molar-refractivity contribution < 1.29 is 14.0 Å². The predicted octanol–water partition coefficient (Wildman–Crippen LogP) is 0.538. The number of imidazole rings is 1. The van der Waals surface area contributed by atoms with Crippen molar-refractivity contribution in [3.05, 3.63) is 16.7 Å². The summed E-state index contributed by atoms with van der Waals surface area (Å²) in [4.78, 5) is 30.5. The summed E-state index contributed by atoms with van der Waals surface area (Å²) in [6, 6.07) is 0. The smallest absolute Gasteiger partial charge is 0.369 e. The van der Waals surface area contributed by atoms with Gasteiger partial charge in [0.15, 0.2) is 11.2 Å². The monoisotopic (exact) mass is 300 g/mol. The van der Waals surface area contributed by atoms with Crippen molar-refractivity contribution in [1.29, 1.82) is 0 Å². The lowest BCUT2D eigenvalue weighted by Gasteiger charge is -2.03. The van der Waals surface area contributed by atoms with Gasteiger partial charge in [-0.05, 0) is 19.3 Å². The highest BCUT2D eigenvalue weighted by atomic mass is 31.1. The molecule has 0 aromatic carbocycles. The molecule has 0 radical (unpaired) electrons. The van der Waals surface area contributed by atoms with Crippen molar-refractivity contribution in [3.63, 3.8) is 0 Å². The van der Waals surface area contributed by atoms with Gasteiger partial charge < -0.3 is 10.3 Å². The second-order valence-electron chi connectivity index (χ2n) is 4.19. The number of nitrogens with one attached hydrogen (secondary N) is 1. The first-order valence-corrected chi connectivity index (χ1v) is 7.20. The first kappa shape index (κ1) is 14.6. The largest absolute Gasteiger partial charge is 0.694 e. The Labute approximate surface area is 114 Å². The number of aryl methyl sites for hydroxylation is 1. The Balaban J connectivity index is 1.91. The molecule has 0 amide bonds. The van der Waals surface area contributed by atoms with Crippen LogP contribution in [0.3, 0.4) is 0 Å². The van der Waals surface area contributed by atoms with E-state index < -0.39 is 8.25 Å². The van der Waals surface area contributed by atoms with E-state index in [1.54, 1.807) is 10.9 Å². The summed E-state index contributed by atoms with van der Waals surface area (Å²) in [5, 5.41) is 0. The number of rotatable bonds is 7. The standard InChI is InChI=1S/C10H14N5O4P/c11-10-13-8-7(9(16)14-10)12-6-15(8)4-2-1-3-5-19-20(17)18/h6H,1-5H2,(H3-,11,13,14,16,17,18)/p+1. The number of H-pyrrole nitrogens is 1. The summed E-state index contributed by atoms with van der Waals surface area (Å²) >= 11 is 0. The van der Waals surface area contributed by atoms with Crippen LogP contribution < -0.4 is 11.3 Å². The zero-order chi connectivity index (χ0) is 14.5. The van der Waals surface area contributed by atoms with Crippen molar-refractivity contribution in [1.82, 2.24) is 19.5 Å². The Morgan fingerprint density at radius 1 is 1.45 bits per heavy atom. The number of aromatic amines is 1. The van der Waals surface area contributed by atoms with Crippen LogP contribution in [0, 0.1) is 0 Å². The molecule has 0 aliphatic rings.